The van der Waals surface area contributed by atoms with Gasteiger partial charge in [-0.2, -0.15) is 0 Å². The van der Waals surface area contributed by atoms with Crippen LogP contribution in [0.25, 0.3) is 0 Å². The highest BCUT2D eigenvalue weighted by atomic mass is 16.5. The van der Waals surface area contributed by atoms with Crippen LogP contribution in [0.15, 0.2) is 4.52 Å². The Kier molecular flexibility index (Phi) is 4.98. The highest BCUT2D eigenvalue weighted by Crippen LogP contribution is 2.31. The Labute approximate surface area is 123 Å². The SMILES string of the molecule is CCc1noc(CC)c1CNC(=O)[C@@H]1CC[C@H](C(=O)O)C1. The summed E-state index contributed by atoms with van der Waals surface area (Å²) in [6.07, 6.45) is 3.17. The van der Waals surface area contributed by atoms with E-state index in [1.165, 1.54) is 0 Å². The number of carboxylic acids is 1. The summed E-state index contributed by atoms with van der Waals surface area (Å²) < 4.78 is 5.26. The smallest absolute Gasteiger partial charge is 0.306 e. The molecule has 116 valence electrons. The van der Waals surface area contributed by atoms with Gasteiger partial charge in [0.2, 0.25) is 5.91 Å². The van der Waals surface area contributed by atoms with E-state index in [9.17, 15) is 9.59 Å². The van der Waals surface area contributed by atoms with Gasteiger partial charge in [-0.15, -0.1) is 0 Å². The van der Waals surface area contributed by atoms with Crippen LogP contribution in [-0.4, -0.2) is 22.1 Å². The summed E-state index contributed by atoms with van der Waals surface area (Å²) in [4.78, 5) is 23.1. The molecule has 1 aromatic rings. The minimum Gasteiger partial charge on any atom is -0.481 e. The van der Waals surface area contributed by atoms with Crippen LogP contribution in [0.5, 0.6) is 0 Å². The number of aliphatic carboxylic acids is 1. The molecule has 0 bridgehead atoms. The van der Waals surface area contributed by atoms with Gasteiger partial charge in [0.1, 0.15) is 5.76 Å². The summed E-state index contributed by atoms with van der Waals surface area (Å²) in [6.45, 7) is 4.39. The number of aromatic nitrogens is 1. The van der Waals surface area contributed by atoms with Crippen molar-refractivity contribution in [3.05, 3.63) is 17.0 Å². The maximum absolute atomic E-state index is 12.2. The standard InChI is InChI=1S/C15H22N2O4/c1-3-12-11(13(4-2)21-17-12)8-16-14(18)9-5-6-10(7-9)15(19)20/h9-10H,3-8H2,1-2H3,(H,16,18)(H,19,20)/t9-,10+/m1/s1. The van der Waals surface area contributed by atoms with Crippen LogP contribution in [0.3, 0.4) is 0 Å². The number of carbonyl (C=O) groups excluding carboxylic acids is 1. The van der Waals surface area contributed by atoms with Crippen molar-refractivity contribution in [3.63, 3.8) is 0 Å². The quantitative estimate of drug-likeness (QED) is 0.836. The molecule has 1 amide bonds. The number of nitrogens with one attached hydrogen (secondary N) is 1. The van der Waals surface area contributed by atoms with Gasteiger partial charge in [0, 0.05) is 24.4 Å². The Bertz CT molecular complexity index is 502. The van der Waals surface area contributed by atoms with Gasteiger partial charge < -0.3 is 14.9 Å². The van der Waals surface area contributed by atoms with E-state index in [-0.39, 0.29) is 17.7 Å². The molecule has 0 unspecified atom stereocenters. The van der Waals surface area contributed by atoms with Crippen molar-refractivity contribution in [1.82, 2.24) is 10.5 Å². The summed E-state index contributed by atoms with van der Waals surface area (Å²) in [5, 5.41) is 15.9. The van der Waals surface area contributed by atoms with Gasteiger partial charge in [-0.05, 0) is 25.7 Å². The molecule has 6 heteroatoms. The molecule has 2 N–H and O–H groups in total. The fourth-order valence-corrected chi connectivity index (χ4v) is 2.90. The molecular formula is C15H22N2O4. The zero-order chi connectivity index (χ0) is 15.4. The number of rotatable bonds is 6. The molecule has 2 rings (SSSR count). The third kappa shape index (κ3) is 3.43. The van der Waals surface area contributed by atoms with E-state index in [0.717, 1.165) is 29.9 Å². The zero-order valence-electron chi connectivity index (χ0n) is 12.5. The van der Waals surface area contributed by atoms with E-state index in [2.05, 4.69) is 10.5 Å². The second-order valence-electron chi connectivity index (χ2n) is 5.50. The first-order chi connectivity index (χ1) is 10.1. The lowest BCUT2D eigenvalue weighted by atomic mass is 10.0. The molecule has 0 saturated heterocycles. The number of amides is 1. The van der Waals surface area contributed by atoms with E-state index in [1.807, 2.05) is 13.8 Å². The molecule has 0 spiro atoms. The van der Waals surface area contributed by atoms with Crippen LogP contribution >= 0.6 is 0 Å². The monoisotopic (exact) mass is 294 g/mol. The van der Waals surface area contributed by atoms with Crippen molar-refractivity contribution in [1.29, 1.82) is 0 Å². The molecule has 1 fully saturated rings. The third-order valence-corrected chi connectivity index (χ3v) is 4.20. The predicted molar refractivity (Wildman–Crippen MR) is 75.6 cm³/mol. The average molecular weight is 294 g/mol. The lowest BCUT2D eigenvalue weighted by molar-refractivity contribution is -0.141. The number of carbonyl (C=O) groups is 2. The van der Waals surface area contributed by atoms with Crippen LogP contribution in [-0.2, 0) is 29.0 Å². The third-order valence-electron chi connectivity index (χ3n) is 4.20. The molecule has 0 aliphatic heterocycles. The summed E-state index contributed by atoms with van der Waals surface area (Å²) in [5.74, 6) is -0.633. The number of hydrogen-bond donors (Lipinski definition) is 2. The molecule has 6 nitrogen and oxygen atoms in total. The average Bonchev–Trinajstić information content (AvgIpc) is 3.10. The Morgan fingerprint density at radius 1 is 1.29 bits per heavy atom. The fraction of sp³-hybridized carbons (Fsp3) is 0.667. The highest BCUT2D eigenvalue weighted by molar-refractivity contribution is 5.80. The molecule has 1 saturated carbocycles. The van der Waals surface area contributed by atoms with Gasteiger partial charge in [-0.3, -0.25) is 9.59 Å². The normalized spacial score (nSPS) is 21.4. The predicted octanol–water partition coefficient (Wildman–Crippen LogP) is 1.92. The molecule has 1 heterocycles. The first-order valence-corrected chi connectivity index (χ1v) is 7.53. The zero-order valence-corrected chi connectivity index (χ0v) is 12.5. The Balaban J connectivity index is 1.93. The first-order valence-electron chi connectivity index (χ1n) is 7.53. The Morgan fingerprint density at radius 3 is 2.57 bits per heavy atom. The highest BCUT2D eigenvalue weighted by Gasteiger charge is 2.33. The lowest BCUT2D eigenvalue weighted by Crippen LogP contribution is -2.29. The van der Waals surface area contributed by atoms with Crippen LogP contribution in [0.2, 0.25) is 0 Å². The Hall–Kier alpha value is -1.85. The minimum absolute atomic E-state index is 0.0657. The summed E-state index contributed by atoms with van der Waals surface area (Å²) >= 11 is 0. The second kappa shape index (κ2) is 6.74. The molecule has 1 aromatic heterocycles. The van der Waals surface area contributed by atoms with Gasteiger partial charge in [-0.25, -0.2) is 0 Å². The van der Waals surface area contributed by atoms with Crippen molar-refractivity contribution >= 4 is 11.9 Å². The van der Waals surface area contributed by atoms with E-state index in [4.69, 9.17) is 9.63 Å². The second-order valence-corrected chi connectivity index (χ2v) is 5.50. The van der Waals surface area contributed by atoms with Crippen molar-refractivity contribution in [3.8, 4) is 0 Å². The van der Waals surface area contributed by atoms with Gasteiger partial charge >= 0.3 is 5.97 Å². The topological polar surface area (TPSA) is 92.4 Å². The first kappa shape index (κ1) is 15.5. The van der Waals surface area contributed by atoms with Gasteiger partial charge in [0.05, 0.1) is 11.6 Å². The van der Waals surface area contributed by atoms with E-state index in [1.54, 1.807) is 0 Å². The molecule has 0 aromatic carbocycles. The van der Waals surface area contributed by atoms with Crippen molar-refractivity contribution in [2.24, 2.45) is 11.8 Å². The van der Waals surface area contributed by atoms with Crippen molar-refractivity contribution < 1.29 is 19.2 Å². The van der Waals surface area contributed by atoms with Crippen LogP contribution < -0.4 is 5.32 Å². The maximum atomic E-state index is 12.2. The number of aryl methyl sites for hydroxylation is 2. The van der Waals surface area contributed by atoms with Gasteiger partial charge in [0.25, 0.3) is 0 Å². The van der Waals surface area contributed by atoms with Crippen molar-refractivity contribution in [2.75, 3.05) is 0 Å². The molecule has 1 aliphatic rings. The van der Waals surface area contributed by atoms with Gasteiger partial charge in [0.15, 0.2) is 0 Å². The summed E-state index contributed by atoms with van der Waals surface area (Å²) in [7, 11) is 0. The summed E-state index contributed by atoms with van der Waals surface area (Å²) in [5.41, 5.74) is 1.84. The van der Waals surface area contributed by atoms with E-state index < -0.39 is 5.97 Å². The molecule has 21 heavy (non-hydrogen) atoms. The largest absolute Gasteiger partial charge is 0.481 e. The molecular weight excluding hydrogens is 272 g/mol. The van der Waals surface area contributed by atoms with Crippen LogP contribution in [0.1, 0.15) is 50.1 Å². The minimum atomic E-state index is -0.800. The fourth-order valence-electron chi connectivity index (χ4n) is 2.90. The Morgan fingerprint density at radius 2 is 2.00 bits per heavy atom. The van der Waals surface area contributed by atoms with Crippen LogP contribution in [0.4, 0.5) is 0 Å². The maximum Gasteiger partial charge on any atom is 0.306 e. The van der Waals surface area contributed by atoms with Crippen LogP contribution in [0, 0.1) is 11.8 Å². The molecule has 1 aliphatic carbocycles. The van der Waals surface area contributed by atoms with Gasteiger partial charge in [-0.1, -0.05) is 19.0 Å². The lowest BCUT2D eigenvalue weighted by Gasteiger charge is -2.11. The summed E-state index contributed by atoms with van der Waals surface area (Å²) in [6, 6.07) is 0. The van der Waals surface area contributed by atoms with E-state index >= 15 is 0 Å². The van der Waals surface area contributed by atoms with Crippen molar-refractivity contribution in [2.45, 2.75) is 52.5 Å². The number of hydrogen-bond acceptors (Lipinski definition) is 4. The van der Waals surface area contributed by atoms with E-state index in [0.29, 0.717) is 25.8 Å². The number of nitrogens with zero attached hydrogens (tertiary/aromatic N) is 1. The molecule has 2 atom stereocenters. The number of carboxylic acid groups (broad SMARTS) is 1. The molecule has 0 radical (unpaired) electrons.